The third kappa shape index (κ3) is 3.02. The lowest BCUT2D eigenvalue weighted by atomic mass is 10.1. The van der Waals surface area contributed by atoms with Gasteiger partial charge in [0, 0.05) is 24.6 Å². The maximum absolute atomic E-state index is 13.4. The molecule has 28 heavy (non-hydrogen) atoms. The highest BCUT2D eigenvalue weighted by Gasteiger charge is 2.31. The molecule has 7 nitrogen and oxygen atoms in total. The van der Waals surface area contributed by atoms with E-state index >= 15 is 0 Å². The summed E-state index contributed by atoms with van der Waals surface area (Å²) in [5, 5.41) is 11.9. The Balaban J connectivity index is 1.45. The molecular weight excluding hydrogens is 357 g/mol. The van der Waals surface area contributed by atoms with Crippen molar-refractivity contribution in [2.45, 2.75) is 18.9 Å². The molecule has 1 saturated heterocycles. The zero-order valence-electron chi connectivity index (χ0n) is 15.0. The number of hydrogen-bond acceptors (Lipinski definition) is 6. The molecule has 1 aliphatic heterocycles. The van der Waals surface area contributed by atoms with E-state index in [9.17, 15) is 4.39 Å². The highest BCUT2D eigenvalue weighted by Crippen LogP contribution is 2.35. The van der Waals surface area contributed by atoms with Gasteiger partial charge in [-0.3, -0.25) is 0 Å². The van der Waals surface area contributed by atoms with Crippen LogP contribution in [0.25, 0.3) is 5.52 Å². The van der Waals surface area contributed by atoms with E-state index in [-0.39, 0.29) is 11.9 Å². The van der Waals surface area contributed by atoms with E-state index in [2.05, 4.69) is 30.5 Å². The zero-order chi connectivity index (χ0) is 18.9. The van der Waals surface area contributed by atoms with E-state index in [0.717, 1.165) is 42.2 Å². The van der Waals surface area contributed by atoms with Gasteiger partial charge in [0.05, 0.1) is 23.4 Å². The third-order valence-electron chi connectivity index (χ3n) is 4.93. The fourth-order valence-corrected chi connectivity index (χ4v) is 3.69. The predicted molar refractivity (Wildman–Crippen MR) is 104 cm³/mol. The van der Waals surface area contributed by atoms with Crippen LogP contribution in [0.15, 0.2) is 61.1 Å². The summed E-state index contributed by atoms with van der Waals surface area (Å²) in [5.74, 6) is 0.439. The van der Waals surface area contributed by atoms with Gasteiger partial charge in [-0.05, 0) is 49.2 Å². The first-order chi connectivity index (χ1) is 13.8. The third-order valence-corrected chi connectivity index (χ3v) is 4.93. The molecule has 3 aromatic heterocycles. The summed E-state index contributed by atoms with van der Waals surface area (Å²) in [6, 6.07) is 12.2. The summed E-state index contributed by atoms with van der Waals surface area (Å²) in [6.07, 6.45) is 7.41. The van der Waals surface area contributed by atoms with E-state index in [1.54, 1.807) is 23.0 Å². The first-order valence-electron chi connectivity index (χ1n) is 9.19. The number of nitrogens with one attached hydrogen (secondary N) is 1. The van der Waals surface area contributed by atoms with Crippen molar-refractivity contribution in [2.24, 2.45) is 0 Å². The highest BCUT2D eigenvalue weighted by molar-refractivity contribution is 5.63. The number of hydrogen-bond donors (Lipinski definition) is 1. The van der Waals surface area contributed by atoms with Crippen LogP contribution in [0.1, 0.15) is 24.6 Å². The Morgan fingerprint density at radius 2 is 1.93 bits per heavy atom. The molecule has 4 aromatic rings. The summed E-state index contributed by atoms with van der Waals surface area (Å²) in [5.41, 5.74) is 3.35. The number of aromatic nitrogens is 5. The van der Waals surface area contributed by atoms with Crippen LogP contribution in [-0.2, 0) is 0 Å². The molecule has 8 heteroatoms. The SMILES string of the molecule is Fc1cccc(Nc2ccc3c(C4CCCN4c4ncccn4)nnn3c2)c1. The van der Waals surface area contributed by atoms with Gasteiger partial charge in [0.1, 0.15) is 11.5 Å². The van der Waals surface area contributed by atoms with E-state index in [1.165, 1.54) is 12.1 Å². The molecule has 0 saturated carbocycles. The smallest absolute Gasteiger partial charge is 0.225 e. The van der Waals surface area contributed by atoms with Crippen molar-refractivity contribution in [3.05, 3.63) is 72.6 Å². The summed E-state index contributed by atoms with van der Waals surface area (Å²) < 4.78 is 15.1. The Labute approximate surface area is 160 Å². The minimum Gasteiger partial charge on any atom is -0.354 e. The van der Waals surface area contributed by atoms with Crippen molar-refractivity contribution in [3.8, 4) is 0 Å². The van der Waals surface area contributed by atoms with E-state index in [0.29, 0.717) is 5.69 Å². The standard InChI is InChI=1S/C20H18FN7/c21-14-4-1-5-15(12-14)24-16-7-8-18-19(25-26-28(18)13-16)17-6-2-11-27(17)20-22-9-3-10-23-20/h1,3-5,7-10,12-13,17,24H,2,6,11H2. The topological polar surface area (TPSA) is 71.2 Å². The van der Waals surface area contributed by atoms with Crippen molar-refractivity contribution in [3.63, 3.8) is 0 Å². The number of benzene rings is 1. The molecular formula is C20H18FN7. The highest BCUT2D eigenvalue weighted by atomic mass is 19.1. The molecule has 1 fully saturated rings. The van der Waals surface area contributed by atoms with Crippen molar-refractivity contribution in [1.29, 1.82) is 0 Å². The lowest BCUT2D eigenvalue weighted by molar-refractivity contribution is 0.628. The number of halogens is 1. The molecule has 5 rings (SSSR count). The van der Waals surface area contributed by atoms with Crippen LogP contribution in [-0.4, -0.2) is 31.3 Å². The summed E-state index contributed by atoms with van der Waals surface area (Å²) in [6.45, 7) is 0.896. The van der Waals surface area contributed by atoms with Gasteiger partial charge in [0.2, 0.25) is 5.95 Å². The Morgan fingerprint density at radius 3 is 2.79 bits per heavy atom. The summed E-state index contributed by atoms with van der Waals surface area (Å²) in [7, 11) is 0. The molecule has 1 unspecified atom stereocenters. The van der Waals surface area contributed by atoms with Gasteiger partial charge in [-0.25, -0.2) is 18.9 Å². The van der Waals surface area contributed by atoms with E-state index in [4.69, 9.17) is 0 Å². The van der Waals surface area contributed by atoms with Gasteiger partial charge < -0.3 is 10.2 Å². The number of fused-ring (bicyclic) bond motifs is 1. The normalized spacial score (nSPS) is 16.6. The molecule has 1 aromatic carbocycles. The molecule has 4 heterocycles. The van der Waals surface area contributed by atoms with Crippen LogP contribution < -0.4 is 10.2 Å². The monoisotopic (exact) mass is 375 g/mol. The molecule has 0 spiro atoms. The molecule has 0 bridgehead atoms. The minimum atomic E-state index is -0.279. The summed E-state index contributed by atoms with van der Waals surface area (Å²) >= 11 is 0. The maximum Gasteiger partial charge on any atom is 0.225 e. The molecule has 0 aliphatic carbocycles. The fraction of sp³-hybridized carbons (Fsp3) is 0.200. The zero-order valence-corrected chi connectivity index (χ0v) is 15.0. The number of rotatable bonds is 4. The Kier molecular flexibility index (Phi) is 4.08. The lowest BCUT2D eigenvalue weighted by Crippen LogP contribution is -2.24. The van der Waals surface area contributed by atoms with Gasteiger partial charge in [-0.15, -0.1) is 5.10 Å². The molecule has 1 N–H and O–H groups in total. The summed E-state index contributed by atoms with van der Waals surface area (Å²) in [4.78, 5) is 11.0. The number of nitrogens with zero attached hydrogens (tertiary/aromatic N) is 6. The van der Waals surface area contributed by atoms with Crippen molar-refractivity contribution < 1.29 is 4.39 Å². The van der Waals surface area contributed by atoms with Gasteiger partial charge in [0.15, 0.2) is 0 Å². The Bertz CT molecular complexity index is 1110. The van der Waals surface area contributed by atoms with Gasteiger partial charge in [-0.2, -0.15) is 0 Å². The van der Waals surface area contributed by atoms with Crippen LogP contribution in [0, 0.1) is 5.82 Å². The second kappa shape index (κ2) is 6.88. The van der Waals surface area contributed by atoms with Gasteiger partial charge >= 0.3 is 0 Å². The van der Waals surface area contributed by atoms with Gasteiger partial charge in [0.25, 0.3) is 0 Å². The predicted octanol–water partition coefficient (Wildman–Crippen LogP) is 3.74. The van der Waals surface area contributed by atoms with Crippen molar-refractivity contribution >= 4 is 22.8 Å². The van der Waals surface area contributed by atoms with Crippen molar-refractivity contribution in [1.82, 2.24) is 24.8 Å². The second-order valence-electron chi connectivity index (χ2n) is 6.76. The minimum absolute atomic E-state index is 0.0990. The molecule has 140 valence electrons. The lowest BCUT2D eigenvalue weighted by Gasteiger charge is -2.22. The first kappa shape index (κ1) is 16.6. The molecule has 1 atom stereocenters. The average molecular weight is 375 g/mol. The van der Waals surface area contributed by atoms with Crippen LogP contribution in [0.5, 0.6) is 0 Å². The fourth-order valence-electron chi connectivity index (χ4n) is 3.69. The second-order valence-corrected chi connectivity index (χ2v) is 6.76. The van der Waals surface area contributed by atoms with E-state index in [1.807, 2.05) is 30.5 Å². The van der Waals surface area contributed by atoms with Crippen LogP contribution >= 0.6 is 0 Å². The molecule has 0 amide bonds. The Hall–Kier alpha value is -3.55. The largest absolute Gasteiger partial charge is 0.354 e. The molecule has 1 aliphatic rings. The quantitative estimate of drug-likeness (QED) is 0.586. The first-order valence-corrected chi connectivity index (χ1v) is 9.19. The van der Waals surface area contributed by atoms with Gasteiger partial charge in [-0.1, -0.05) is 11.3 Å². The number of pyridine rings is 1. The van der Waals surface area contributed by atoms with Crippen LogP contribution in [0.3, 0.4) is 0 Å². The van der Waals surface area contributed by atoms with Crippen LogP contribution in [0.4, 0.5) is 21.7 Å². The average Bonchev–Trinajstić information content (AvgIpc) is 3.35. The Morgan fingerprint density at radius 1 is 1.04 bits per heavy atom. The van der Waals surface area contributed by atoms with E-state index < -0.39 is 0 Å². The molecule has 0 radical (unpaired) electrons. The van der Waals surface area contributed by atoms with Crippen molar-refractivity contribution in [2.75, 3.05) is 16.8 Å². The van der Waals surface area contributed by atoms with Crippen LogP contribution in [0.2, 0.25) is 0 Å². The maximum atomic E-state index is 13.4. The number of anilines is 3.